The van der Waals surface area contributed by atoms with E-state index in [1.165, 1.54) is 11.4 Å². The van der Waals surface area contributed by atoms with Crippen molar-refractivity contribution in [2.45, 2.75) is 19.4 Å². The fraction of sp³-hybridized carbons (Fsp3) is 0.571. The van der Waals surface area contributed by atoms with E-state index in [1.807, 2.05) is 30.3 Å². The third kappa shape index (κ3) is 5.58. The van der Waals surface area contributed by atoms with Crippen LogP contribution in [0.3, 0.4) is 0 Å². The zero-order valence-corrected chi connectivity index (χ0v) is 13.0. The summed E-state index contributed by atoms with van der Waals surface area (Å²) in [5, 5.41) is 0. The highest BCUT2D eigenvalue weighted by Gasteiger charge is 2.23. The molecule has 0 amide bonds. The number of rotatable bonds is 9. The highest BCUT2D eigenvalue weighted by molar-refractivity contribution is 7.89. The highest BCUT2D eigenvalue weighted by atomic mass is 32.2. The fourth-order valence-corrected chi connectivity index (χ4v) is 3.60. The van der Waals surface area contributed by atoms with Gasteiger partial charge in [-0.3, -0.25) is 0 Å². The van der Waals surface area contributed by atoms with Crippen LogP contribution in [0.1, 0.15) is 12.5 Å². The van der Waals surface area contributed by atoms with Gasteiger partial charge in [0, 0.05) is 26.7 Å². The molecule has 0 aliphatic carbocycles. The quantitative estimate of drug-likeness (QED) is 0.734. The molecule has 0 spiro atoms. The van der Waals surface area contributed by atoms with Gasteiger partial charge in [0.15, 0.2) is 0 Å². The molecular weight excluding hydrogens is 276 g/mol. The maximum atomic E-state index is 12.3. The Balaban J connectivity index is 2.68. The minimum atomic E-state index is -3.34. The largest absolute Gasteiger partial charge is 0.381 e. The number of ether oxygens (including phenoxy) is 1. The highest BCUT2D eigenvalue weighted by Crippen LogP contribution is 2.08. The van der Waals surface area contributed by atoms with Crippen LogP contribution in [0.2, 0.25) is 0 Å². The van der Waals surface area contributed by atoms with Gasteiger partial charge in [0.25, 0.3) is 0 Å². The van der Waals surface area contributed by atoms with Gasteiger partial charge in [0.05, 0.1) is 11.9 Å². The van der Waals surface area contributed by atoms with E-state index < -0.39 is 10.0 Å². The molecule has 1 unspecified atom stereocenters. The van der Waals surface area contributed by atoms with Crippen LogP contribution in [0.25, 0.3) is 0 Å². The van der Waals surface area contributed by atoms with Crippen molar-refractivity contribution in [3.63, 3.8) is 0 Å². The lowest BCUT2D eigenvalue weighted by Gasteiger charge is -2.23. The first-order chi connectivity index (χ1) is 9.49. The summed E-state index contributed by atoms with van der Waals surface area (Å²) in [4.78, 5) is 0. The number of benzene rings is 1. The van der Waals surface area contributed by atoms with Crippen LogP contribution in [0.5, 0.6) is 0 Å². The number of methoxy groups -OCH3 is 1. The van der Waals surface area contributed by atoms with Gasteiger partial charge in [-0.25, -0.2) is 12.7 Å². The van der Waals surface area contributed by atoms with Gasteiger partial charge < -0.3 is 10.5 Å². The van der Waals surface area contributed by atoms with E-state index in [0.29, 0.717) is 26.1 Å². The average molecular weight is 300 g/mol. The molecule has 114 valence electrons. The minimum absolute atomic E-state index is 0.0156. The second kappa shape index (κ2) is 8.36. The van der Waals surface area contributed by atoms with Crippen LogP contribution < -0.4 is 5.73 Å². The summed E-state index contributed by atoms with van der Waals surface area (Å²) in [7, 11) is -1.83. The molecule has 0 aliphatic rings. The van der Waals surface area contributed by atoms with Crippen LogP contribution in [-0.4, -0.2) is 51.3 Å². The van der Waals surface area contributed by atoms with Crippen molar-refractivity contribution in [3.05, 3.63) is 35.9 Å². The molecule has 6 heteroatoms. The Kier molecular flexibility index (Phi) is 7.15. The molecule has 1 rings (SSSR count). The molecule has 0 aromatic heterocycles. The third-order valence-electron chi connectivity index (χ3n) is 3.11. The first kappa shape index (κ1) is 17.1. The second-order valence-electron chi connectivity index (χ2n) is 4.75. The van der Waals surface area contributed by atoms with Crippen molar-refractivity contribution in [2.24, 2.45) is 5.73 Å². The molecule has 1 aromatic carbocycles. The SMILES string of the molecule is COC(C)CS(=O)(=O)N(CCN)CCc1ccccc1. The van der Waals surface area contributed by atoms with E-state index >= 15 is 0 Å². The normalized spacial score (nSPS) is 13.6. The topological polar surface area (TPSA) is 72.6 Å². The molecular formula is C14H24N2O3S. The molecule has 0 saturated carbocycles. The van der Waals surface area contributed by atoms with Crippen molar-refractivity contribution in [3.8, 4) is 0 Å². The van der Waals surface area contributed by atoms with Crippen LogP contribution in [0, 0.1) is 0 Å². The Morgan fingerprint density at radius 2 is 1.90 bits per heavy atom. The molecule has 0 saturated heterocycles. The standard InChI is InChI=1S/C14H24N2O3S/c1-13(19-2)12-20(17,18)16(11-9-15)10-8-14-6-4-3-5-7-14/h3-7,13H,8-12,15H2,1-2H3. The van der Waals surface area contributed by atoms with Gasteiger partial charge in [0.1, 0.15) is 0 Å². The molecule has 5 nitrogen and oxygen atoms in total. The average Bonchev–Trinajstić information content (AvgIpc) is 2.43. The zero-order chi connectivity index (χ0) is 15.0. The molecule has 20 heavy (non-hydrogen) atoms. The van der Waals surface area contributed by atoms with E-state index in [1.54, 1.807) is 6.92 Å². The lowest BCUT2D eigenvalue weighted by atomic mass is 10.1. The van der Waals surface area contributed by atoms with Crippen molar-refractivity contribution >= 4 is 10.0 Å². The molecule has 2 N–H and O–H groups in total. The van der Waals surface area contributed by atoms with Gasteiger partial charge in [-0.1, -0.05) is 30.3 Å². The van der Waals surface area contributed by atoms with Gasteiger partial charge >= 0.3 is 0 Å². The molecule has 0 bridgehead atoms. The lowest BCUT2D eigenvalue weighted by Crippen LogP contribution is -2.40. The number of hydrogen-bond acceptors (Lipinski definition) is 4. The summed E-state index contributed by atoms with van der Waals surface area (Å²) >= 11 is 0. The van der Waals surface area contributed by atoms with Crippen molar-refractivity contribution in [2.75, 3.05) is 32.5 Å². The summed E-state index contributed by atoms with van der Waals surface area (Å²) in [6.07, 6.45) is 0.360. The number of nitrogens with two attached hydrogens (primary N) is 1. The summed E-state index contributed by atoms with van der Waals surface area (Å²) in [5.41, 5.74) is 6.64. The molecule has 0 aliphatic heterocycles. The maximum absolute atomic E-state index is 12.3. The van der Waals surface area contributed by atoms with Crippen LogP contribution in [0.4, 0.5) is 0 Å². The van der Waals surface area contributed by atoms with Crippen LogP contribution in [0.15, 0.2) is 30.3 Å². The number of nitrogens with zero attached hydrogens (tertiary/aromatic N) is 1. The summed E-state index contributed by atoms with van der Waals surface area (Å²) in [6, 6.07) is 9.82. The van der Waals surface area contributed by atoms with E-state index in [9.17, 15) is 8.42 Å². The fourth-order valence-electron chi connectivity index (χ4n) is 1.90. The maximum Gasteiger partial charge on any atom is 0.216 e. The minimum Gasteiger partial charge on any atom is -0.381 e. The molecule has 0 radical (unpaired) electrons. The predicted octanol–water partition coefficient (Wildman–Crippen LogP) is 0.855. The first-order valence-electron chi connectivity index (χ1n) is 6.74. The molecule has 1 aromatic rings. The van der Waals surface area contributed by atoms with E-state index in [0.717, 1.165) is 5.56 Å². The Labute approximate surface area is 121 Å². The van der Waals surface area contributed by atoms with E-state index in [2.05, 4.69) is 0 Å². The zero-order valence-electron chi connectivity index (χ0n) is 12.2. The van der Waals surface area contributed by atoms with Crippen molar-refractivity contribution < 1.29 is 13.2 Å². The first-order valence-corrected chi connectivity index (χ1v) is 8.35. The Morgan fingerprint density at radius 3 is 2.45 bits per heavy atom. The molecule has 0 fully saturated rings. The summed E-state index contributed by atoms with van der Waals surface area (Å²) in [5.74, 6) is -0.0156. The van der Waals surface area contributed by atoms with Gasteiger partial charge in [-0.2, -0.15) is 0 Å². The van der Waals surface area contributed by atoms with Crippen molar-refractivity contribution in [1.29, 1.82) is 0 Å². The van der Waals surface area contributed by atoms with Gasteiger partial charge in [-0.15, -0.1) is 0 Å². The van der Waals surface area contributed by atoms with Crippen LogP contribution >= 0.6 is 0 Å². The Bertz CT molecular complexity index is 476. The summed E-state index contributed by atoms with van der Waals surface area (Å²) in [6.45, 7) is 2.84. The van der Waals surface area contributed by atoms with Crippen LogP contribution in [-0.2, 0) is 21.2 Å². The molecule has 1 atom stereocenters. The van der Waals surface area contributed by atoms with Crippen molar-refractivity contribution in [1.82, 2.24) is 4.31 Å². The Morgan fingerprint density at radius 1 is 1.25 bits per heavy atom. The molecule has 0 heterocycles. The van der Waals surface area contributed by atoms with E-state index in [4.69, 9.17) is 10.5 Å². The van der Waals surface area contributed by atoms with Gasteiger partial charge in [-0.05, 0) is 18.9 Å². The van der Waals surface area contributed by atoms with E-state index in [-0.39, 0.29) is 11.9 Å². The number of sulfonamides is 1. The monoisotopic (exact) mass is 300 g/mol. The summed E-state index contributed by atoms with van der Waals surface area (Å²) < 4.78 is 31.1. The Hall–Kier alpha value is -0.950. The predicted molar refractivity (Wildman–Crippen MR) is 81.0 cm³/mol. The number of hydrogen-bond donors (Lipinski definition) is 1. The second-order valence-corrected chi connectivity index (χ2v) is 6.76. The third-order valence-corrected chi connectivity index (χ3v) is 5.15. The lowest BCUT2D eigenvalue weighted by molar-refractivity contribution is 0.135. The smallest absolute Gasteiger partial charge is 0.216 e. The van der Waals surface area contributed by atoms with Gasteiger partial charge in [0.2, 0.25) is 10.0 Å².